The lowest BCUT2D eigenvalue weighted by Gasteiger charge is -2.24. The number of carboxylic acids is 1. The van der Waals surface area contributed by atoms with Crippen molar-refractivity contribution in [1.82, 2.24) is 15.4 Å². The number of carbonyl (C=O) groups is 2. The van der Waals surface area contributed by atoms with Crippen LogP contribution in [0.15, 0.2) is 56.9 Å². The summed E-state index contributed by atoms with van der Waals surface area (Å²) in [6.07, 6.45) is 6.68. The van der Waals surface area contributed by atoms with Crippen LogP contribution in [0, 0.1) is 19.3 Å². The lowest BCUT2D eigenvalue weighted by Crippen LogP contribution is -2.40. The highest BCUT2D eigenvalue weighted by Crippen LogP contribution is 2.40. The van der Waals surface area contributed by atoms with E-state index in [0.717, 1.165) is 61.9 Å². The topological polar surface area (TPSA) is 154 Å². The van der Waals surface area contributed by atoms with Gasteiger partial charge in [-0.3, -0.25) is 19.5 Å². The van der Waals surface area contributed by atoms with Gasteiger partial charge in [0.25, 0.3) is 15.9 Å². The van der Waals surface area contributed by atoms with Crippen molar-refractivity contribution in [3.63, 3.8) is 0 Å². The van der Waals surface area contributed by atoms with Gasteiger partial charge in [0.15, 0.2) is 0 Å². The van der Waals surface area contributed by atoms with E-state index < -0.39 is 26.9 Å². The molecule has 0 unspecified atom stereocenters. The summed E-state index contributed by atoms with van der Waals surface area (Å²) >= 11 is 0. The van der Waals surface area contributed by atoms with E-state index in [1.165, 1.54) is 0 Å². The van der Waals surface area contributed by atoms with Gasteiger partial charge in [-0.1, -0.05) is 67.7 Å². The number of carbonyl (C=O) groups excluding carboxylic acids is 1. The molecule has 2 heterocycles. The molecule has 0 saturated heterocycles. The first-order chi connectivity index (χ1) is 22.8. The van der Waals surface area contributed by atoms with Crippen molar-refractivity contribution in [2.75, 3.05) is 11.3 Å². The van der Waals surface area contributed by atoms with Gasteiger partial charge in [-0.15, -0.1) is 0 Å². The number of amidine groups is 1. The number of aryl methyl sites for hydroxylation is 1. The van der Waals surface area contributed by atoms with Crippen LogP contribution in [0.1, 0.15) is 94.5 Å². The van der Waals surface area contributed by atoms with E-state index in [9.17, 15) is 23.1 Å². The second kappa shape index (κ2) is 14.2. The Morgan fingerprint density at radius 3 is 2.50 bits per heavy atom. The number of carboxylic acid groups (broad SMARTS) is 1. The molecule has 11 nitrogen and oxygen atoms in total. The third kappa shape index (κ3) is 7.34. The van der Waals surface area contributed by atoms with Gasteiger partial charge in [-0.2, -0.15) is 0 Å². The number of unbranched alkanes of at least 4 members (excludes halogenated alkanes) is 1. The molecule has 12 heteroatoms. The van der Waals surface area contributed by atoms with E-state index in [1.807, 2.05) is 23.1 Å². The van der Waals surface area contributed by atoms with Gasteiger partial charge in [0.2, 0.25) is 5.88 Å². The number of anilines is 1. The number of aliphatic carboxylic acids is 1. The predicted molar refractivity (Wildman–Crippen MR) is 185 cm³/mol. The number of rotatable bonds is 15. The Kier molecular flexibility index (Phi) is 10.4. The molecule has 1 amide bonds. The fourth-order valence-electron chi connectivity index (χ4n) is 6.38. The molecule has 48 heavy (non-hydrogen) atoms. The average molecular weight is 678 g/mol. The maximum absolute atomic E-state index is 13.8. The minimum atomic E-state index is -4.08. The molecular weight excluding hydrogens is 630 g/mol. The van der Waals surface area contributed by atoms with E-state index in [-0.39, 0.29) is 16.7 Å². The van der Waals surface area contributed by atoms with Crippen LogP contribution >= 0.6 is 0 Å². The van der Waals surface area contributed by atoms with Crippen molar-refractivity contribution in [2.45, 2.75) is 110 Å². The quantitative estimate of drug-likeness (QED) is 0.152. The minimum absolute atomic E-state index is 0.0662. The third-order valence-electron chi connectivity index (χ3n) is 9.67. The molecule has 1 aromatic heterocycles. The Labute approximate surface area is 283 Å². The number of sulfonamides is 1. The lowest BCUT2D eigenvalue weighted by molar-refractivity contribution is -0.147. The van der Waals surface area contributed by atoms with Crippen molar-refractivity contribution in [2.24, 2.45) is 10.4 Å². The Morgan fingerprint density at radius 2 is 1.83 bits per heavy atom. The number of nitrogens with zero attached hydrogens (tertiary/aromatic N) is 3. The van der Waals surface area contributed by atoms with Crippen molar-refractivity contribution in [3.05, 3.63) is 64.8 Å². The van der Waals surface area contributed by atoms with E-state index >= 15 is 0 Å². The summed E-state index contributed by atoms with van der Waals surface area (Å²) in [6, 6.07) is 12.6. The van der Waals surface area contributed by atoms with Gasteiger partial charge in [-0.25, -0.2) is 13.1 Å². The predicted octanol–water partition coefficient (Wildman–Crippen LogP) is 6.59. The molecule has 258 valence electrons. The van der Waals surface area contributed by atoms with Gasteiger partial charge < -0.3 is 14.9 Å². The van der Waals surface area contributed by atoms with Gasteiger partial charge in [0.05, 0.1) is 22.5 Å². The highest BCUT2D eigenvalue weighted by Gasteiger charge is 2.49. The minimum Gasteiger partial charge on any atom is -0.481 e. The molecule has 1 saturated carbocycles. The summed E-state index contributed by atoms with van der Waals surface area (Å²) in [5.74, 6) is 0.123. The smallest absolute Gasteiger partial charge is 0.309 e. The van der Waals surface area contributed by atoms with E-state index in [2.05, 4.69) is 22.1 Å². The Bertz CT molecular complexity index is 1810. The van der Waals surface area contributed by atoms with Gasteiger partial charge in [0, 0.05) is 24.1 Å². The summed E-state index contributed by atoms with van der Waals surface area (Å²) in [4.78, 5) is 32.5. The van der Waals surface area contributed by atoms with Crippen LogP contribution in [-0.4, -0.2) is 53.4 Å². The van der Waals surface area contributed by atoms with Crippen molar-refractivity contribution in [1.29, 1.82) is 0 Å². The first-order valence-corrected chi connectivity index (χ1v) is 18.3. The molecule has 3 aromatic rings. The molecule has 1 fully saturated rings. The second-order valence-corrected chi connectivity index (χ2v) is 15.3. The van der Waals surface area contributed by atoms with Crippen molar-refractivity contribution in [3.8, 4) is 11.1 Å². The summed E-state index contributed by atoms with van der Waals surface area (Å²) in [5, 5.41) is 16.8. The molecule has 1 spiro atoms. The first-order valence-electron chi connectivity index (χ1n) is 16.8. The van der Waals surface area contributed by atoms with Crippen LogP contribution in [-0.2, 0) is 32.7 Å². The molecule has 0 bridgehead atoms. The molecular formula is C36H47N5O6S. The second-order valence-electron chi connectivity index (χ2n) is 13.7. The van der Waals surface area contributed by atoms with Crippen LogP contribution < -0.4 is 10.0 Å². The SMILES string of the molecule is CCCCC1=NC2(CCCC2)C(=O)N1Cc1ccc(-c2ccccc2S(=O)(=O)Nc2onc(C)c2C)c(CNCCC(C)(C)C(=O)O)c1. The molecule has 2 aromatic carbocycles. The highest BCUT2D eigenvalue weighted by molar-refractivity contribution is 7.92. The molecule has 0 radical (unpaired) electrons. The van der Waals surface area contributed by atoms with Gasteiger partial charge >= 0.3 is 5.97 Å². The van der Waals surface area contributed by atoms with Crippen molar-refractivity contribution >= 4 is 33.6 Å². The lowest BCUT2D eigenvalue weighted by atomic mass is 9.89. The maximum atomic E-state index is 13.8. The number of benzene rings is 2. The number of aliphatic imine (C=N–C) groups is 1. The summed E-state index contributed by atoms with van der Waals surface area (Å²) in [7, 11) is -4.08. The molecule has 1 aliphatic heterocycles. The van der Waals surface area contributed by atoms with Crippen LogP contribution in [0.25, 0.3) is 11.1 Å². The number of hydrogen-bond acceptors (Lipinski definition) is 8. The molecule has 2 aliphatic rings. The summed E-state index contributed by atoms with van der Waals surface area (Å²) in [6.45, 7) is 10.2. The zero-order chi connectivity index (χ0) is 34.7. The molecule has 5 rings (SSSR count). The Morgan fingerprint density at radius 1 is 1.10 bits per heavy atom. The monoisotopic (exact) mass is 677 g/mol. The molecule has 3 N–H and O–H groups in total. The highest BCUT2D eigenvalue weighted by atomic mass is 32.2. The van der Waals surface area contributed by atoms with Gasteiger partial charge in [0.1, 0.15) is 11.4 Å². The van der Waals surface area contributed by atoms with E-state index in [4.69, 9.17) is 9.52 Å². The van der Waals surface area contributed by atoms with Crippen LogP contribution in [0.3, 0.4) is 0 Å². The van der Waals surface area contributed by atoms with Crippen molar-refractivity contribution < 1.29 is 27.6 Å². The molecule has 0 atom stereocenters. The molecule has 1 aliphatic carbocycles. The zero-order valence-corrected chi connectivity index (χ0v) is 29.4. The van der Waals surface area contributed by atoms with Gasteiger partial charge in [-0.05, 0) is 82.7 Å². The number of amides is 1. The normalized spacial score (nSPS) is 16.1. The average Bonchev–Trinajstić information content (AvgIpc) is 3.73. The number of aromatic nitrogens is 1. The first kappa shape index (κ1) is 35.3. The van der Waals surface area contributed by atoms with E-state index in [0.29, 0.717) is 48.4 Å². The van der Waals surface area contributed by atoms with E-state index in [1.54, 1.807) is 52.0 Å². The standard InChI is InChI=1S/C36H47N5O6S/c1-6-7-14-31-38-36(17-10-11-18-36)33(42)41(31)23-26-15-16-28(27(21-26)22-37-20-19-35(4,5)34(43)44)29-12-8-9-13-30(29)48(45,46)40-32-24(2)25(3)39-47-32/h8-9,12-13,15-16,21,37,40H,6-7,10-11,14,17-20,22-23H2,1-5H3,(H,43,44). The fourth-order valence-corrected chi connectivity index (χ4v) is 7.65. The Balaban J connectivity index is 1.49. The maximum Gasteiger partial charge on any atom is 0.309 e. The summed E-state index contributed by atoms with van der Waals surface area (Å²) in [5.41, 5.74) is 2.59. The largest absolute Gasteiger partial charge is 0.481 e. The van der Waals surface area contributed by atoms with Crippen LogP contribution in [0.4, 0.5) is 5.88 Å². The third-order valence-corrected chi connectivity index (χ3v) is 11.1. The zero-order valence-electron chi connectivity index (χ0n) is 28.6. The van der Waals surface area contributed by atoms with Crippen LogP contribution in [0.2, 0.25) is 0 Å². The number of hydrogen-bond donors (Lipinski definition) is 3. The Hall–Kier alpha value is -4.03. The summed E-state index contributed by atoms with van der Waals surface area (Å²) < 4.78 is 35.3. The van der Waals surface area contributed by atoms with Crippen LogP contribution in [0.5, 0.6) is 0 Å². The number of nitrogens with one attached hydrogen (secondary N) is 2. The fraction of sp³-hybridized carbons (Fsp3) is 0.500.